The van der Waals surface area contributed by atoms with Crippen molar-refractivity contribution in [1.82, 2.24) is 20.2 Å². The summed E-state index contributed by atoms with van der Waals surface area (Å²) < 4.78 is 0. The van der Waals surface area contributed by atoms with Crippen molar-refractivity contribution in [3.05, 3.63) is 36.2 Å². The van der Waals surface area contributed by atoms with Gasteiger partial charge in [0.15, 0.2) is 0 Å². The summed E-state index contributed by atoms with van der Waals surface area (Å²) >= 11 is 0. The van der Waals surface area contributed by atoms with Crippen molar-refractivity contribution in [3.63, 3.8) is 0 Å². The number of hydrogen-bond acceptors (Lipinski definition) is 6. The van der Waals surface area contributed by atoms with E-state index in [1.54, 1.807) is 0 Å². The molecule has 32 heavy (non-hydrogen) atoms. The number of aromatic nitrogens is 2. The molecule has 1 aliphatic carbocycles. The molecular formula is C24H33N7O. The molecule has 4 heterocycles. The van der Waals surface area contributed by atoms with Gasteiger partial charge in [-0.1, -0.05) is 12.8 Å². The molecular weight excluding hydrogens is 402 g/mol. The van der Waals surface area contributed by atoms with Crippen LogP contribution in [0.15, 0.2) is 30.6 Å². The molecule has 1 saturated heterocycles. The SMILES string of the molecule is CCN1C(=O)N(C2CCCC2)c2cc(Nc3ccc(N4CCNCC4)cn3)ncc2C1C. The summed E-state index contributed by atoms with van der Waals surface area (Å²) in [6, 6.07) is 6.55. The van der Waals surface area contributed by atoms with E-state index in [1.807, 2.05) is 41.2 Å². The molecule has 2 fully saturated rings. The van der Waals surface area contributed by atoms with E-state index < -0.39 is 0 Å². The van der Waals surface area contributed by atoms with Gasteiger partial charge in [-0.2, -0.15) is 0 Å². The second-order valence-electron chi connectivity index (χ2n) is 8.94. The fourth-order valence-electron chi connectivity index (χ4n) is 5.25. The molecule has 2 aromatic heterocycles. The van der Waals surface area contributed by atoms with E-state index in [0.717, 1.165) is 67.6 Å². The van der Waals surface area contributed by atoms with E-state index in [-0.39, 0.29) is 18.1 Å². The van der Waals surface area contributed by atoms with Crippen LogP contribution in [0.25, 0.3) is 0 Å². The summed E-state index contributed by atoms with van der Waals surface area (Å²) in [6.45, 7) is 8.85. The molecule has 2 N–H and O–H groups in total. The molecule has 2 amide bonds. The van der Waals surface area contributed by atoms with Crippen molar-refractivity contribution < 1.29 is 4.79 Å². The van der Waals surface area contributed by atoms with Crippen molar-refractivity contribution in [2.24, 2.45) is 0 Å². The molecule has 2 aromatic rings. The minimum atomic E-state index is 0.0261. The lowest BCUT2D eigenvalue weighted by molar-refractivity contribution is 0.182. The van der Waals surface area contributed by atoms with Crippen molar-refractivity contribution in [1.29, 1.82) is 0 Å². The quantitative estimate of drug-likeness (QED) is 0.742. The minimum Gasteiger partial charge on any atom is -0.368 e. The Balaban J connectivity index is 1.40. The van der Waals surface area contributed by atoms with Gasteiger partial charge in [0, 0.05) is 56.6 Å². The number of anilines is 4. The molecule has 0 aromatic carbocycles. The number of carbonyl (C=O) groups excluding carboxylic acids is 1. The van der Waals surface area contributed by atoms with E-state index in [0.29, 0.717) is 6.54 Å². The highest BCUT2D eigenvalue weighted by molar-refractivity contribution is 5.96. The number of piperazine rings is 1. The summed E-state index contributed by atoms with van der Waals surface area (Å²) in [6.07, 6.45) is 8.35. The van der Waals surface area contributed by atoms with Crippen LogP contribution in [0.1, 0.15) is 51.1 Å². The third kappa shape index (κ3) is 3.88. The van der Waals surface area contributed by atoms with Gasteiger partial charge in [-0.25, -0.2) is 14.8 Å². The number of rotatable bonds is 5. The van der Waals surface area contributed by atoms with E-state index in [9.17, 15) is 4.79 Å². The van der Waals surface area contributed by atoms with E-state index in [2.05, 4.69) is 38.5 Å². The maximum absolute atomic E-state index is 13.4. The normalized spacial score (nSPS) is 21.8. The Labute approximate surface area is 190 Å². The van der Waals surface area contributed by atoms with Crippen LogP contribution in [0.4, 0.5) is 27.8 Å². The van der Waals surface area contributed by atoms with Crippen molar-refractivity contribution >= 4 is 29.0 Å². The Morgan fingerprint density at radius 1 is 1.09 bits per heavy atom. The predicted octanol–water partition coefficient (Wildman–Crippen LogP) is 3.90. The van der Waals surface area contributed by atoms with Crippen molar-refractivity contribution in [2.75, 3.05) is 47.8 Å². The number of carbonyl (C=O) groups is 1. The number of hydrogen-bond donors (Lipinski definition) is 2. The van der Waals surface area contributed by atoms with Crippen molar-refractivity contribution in [3.8, 4) is 0 Å². The second kappa shape index (κ2) is 8.94. The predicted molar refractivity (Wildman–Crippen MR) is 128 cm³/mol. The highest BCUT2D eigenvalue weighted by Crippen LogP contribution is 2.41. The van der Waals surface area contributed by atoms with Crippen molar-refractivity contribution in [2.45, 2.75) is 51.6 Å². The maximum atomic E-state index is 13.4. The van der Waals surface area contributed by atoms with Crippen LogP contribution in [0.5, 0.6) is 0 Å². The lowest BCUT2D eigenvalue weighted by atomic mass is 10.0. The minimum absolute atomic E-state index is 0.0261. The van der Waals surface area contributed by atoms with Crippen LogP contribution < -0.4 is 20.4 Å². The highest BCUT2D eigenvalue weighted by Gasteiger charge is 2.39. The molecule has 1 atom stereocenters. The molecule has 5 rings (SSSR count). The van der Waals surface area contributed by atoms with Gasteiger partial charge in [-0.05, 0) is 38.8 Å². The zero-order valence-electron chi connectivity index (χ0n) is 19.0. The summed E-state index contributed by atoms with van der Waals surface area (Å²) in [5.74, 6) is 1.48. The molecule has 3 aliphatic rings. The Morgan fingerprint density at radius 3 is 2.53 bits per heavy atom. The monoisotopic (exact) mass is 435 g/mol. The molecule has 8 nitrogen and oxygen atoms in total. The van der Waals surface area contributed by atoms with Crippen LogP contribution in [-0.4, -0.2) is 59.7 Å². The van der Waals surface area contributed by atoms with Gasteiger partial charge in [-0.15, -0.1) is 0 Å². The zero-order valence-corrected chi connectivity index (χ0v) is 19.0. The van der Waals surface area contributed by atoms with Crippen LogP contribution in [-0.2, 0) is 0 Å². The van der Waals surface area contributed by atoms with Gasteiger partial charge in [0.2, 0.25) is 0 Å². The lowest BCUT2D eigenvalue weighted by Crippen LogP contribution is -2.52. The Morgan fingerprint density at radius 2 is 1.84 bits per heavy atom. The van der Waals surface area contributed by atoms with Gasteiger partial charge in [0.1, 0.15) is 11.6 Å². The first-order valence-corrected chi connectivity index (χ1v) is 11.9. The third-order valence-electron chi connectivity index (χ3n) is 7.06. The number of nitrogens with one attached hydrogen (secondary N) is 2. The zero-order chi connectivity index (χ0) is 22.1. The van der Waals surface area contributed by atoms with Gasteiger partial charge in [-0.3, -0.25) is 4.90 Å². The standard InChI is InChI=1S/C24H33N7O/c1-3-30-17(2)20-16-27-23(14-21(20)31(24(30)32)18-6-4-5-7-18)28-22-9-8-19(15-26-22)29-12-10-25-11-13-29/h8-9,14-18,25H,3-7,10-13H2,1-2H3,(H,26,27,28). The summed E-state index contributed by atoms with van der Waals surface area (Å²) in [5.41, 5.74) is 3.25. The van der Waals surface area contributed by atoms with Gasteiger partial charge < -0.3 is 20.4 Å². The lowest BCUT2D eigenvalue weighted by Gasteiger charge is -2.43. The maximum Gasteiger partial charge on any atom is 0.325 e. The molecule has 0 bridgehead atoms. The molecule has 0 spiro atoms. The van der Waals surface area contributed by atoms with Crippen LogP contribution in [0, 0.1) is 0 Å². The van der Waals surface area contributed by atoms with E-state index >= 15 is 0 Å². The molecule has 0 radical (unpaired) electrons. The van der Waals surface area contributed by atoms with Crippen LogP contribution >= 0.6 is 0 Å². The van der Waals surface area contributed by atoms with E-state index in [4.69, 9.17) is 0 Å². The Bertz CT molecular complexity index is 951. The Kier molecular flexibility index (Phi) is 5.87. The molecule has 8 heteroatoms. The smallest absolute Gasteiger partial charge is 0.325 e. The first-order chi connectivity index (χ1) is 15.7. The summed E-state index contributed by atoms with van der Waals surface area (Å²) in [5, 5.41) is 6.72. The number of nitrogens with zero attached hydrogens (tertiary/aromatic N) is 5. The summed E-state index contributed by atoms with van der Waals surface area (Å²) in [7, 11) is 0. The Hall–Kier alpha value is -2.87. The highest BCUT2D eigenvalue weighted by atomic mass is 16.2. The first kappa shape index (κ1) is 21.0. The number of fused-ring (bicyclic) bond motifs is 1. The third-order valence-corrected chi connectivity index (χ3v) is 7.06. The van der Waals surface area contributed by atoms with Gasteiger partial charge >= 0.3 is 6.03 Å². The van der Waals surface area contributed by atoms with E-state index in [1.165, 1.54) is 12.8 Å². The molecule has 1 saturated carbocycles. The van der Waals surface area contributed by atoms with Gasteiger partial charge in [0.05, 0.1) is 23.6 Å². The average Bonchev–Trinajstić information content (AvgIpc) is 3.35. The first-order valence-electron chi connectivity index (χ1n) is 11.9. The van der Waals surface area contributed by atoms with Crippen LogP contribution in [0.3, 0.4) is 0 Å². The summed E-state index contributed by atoms with van der Waals surface area (Å²) in [4.78, 5) is 29.0. The molecule has 170 valence electrons. The van der Waals surface area contributed by atoms with Crippen LogP contribution in [0.2, 0.25) is 0 Å². The number of pyridine rings is 2. The average molecular weight is 436 g/mol. The fourth-order valence-corrected chi connectivity index (χ4v) is 5.25. The molecule has 2 aliphatic heterocycles. The topological polar surface area (TPSA) is 76.6 Å². The largest absolute Gasteiger partial charge is 0.368 e. The number of amides is 2. The fraction of sp³-hybridized carbons (Fsp3) is 0.542. The number of urea groups is 1. The molecule has 1 unspecified atom stereocenters. The second-order valence-corrected chi connectivity index (χ2v) is 8.94. The van der Waals surface area contributed by atoms with Gasteiger partial charge in [0.25, 0.3) is 0 Å².